The van der Waals surface area contributed by atoms with Crippen molar-refractivity contribution in [1.29, 1.82) is 5.26 Å². The first-order valence-corrected chi connectivity index (χ1v) is 9.98. The molecule has 146 valence electrons. The van der Waals surface area contributed by atoms with E-state index in [2.05, 4.69) is 18.7 Å². The summed E-state index contributed by atoms with van der Waals surface area (Å²) < 4.78 is 1.50. The van der Waals surface area contributed by atoms with Gasteiger partial charge in [-0.15, -0.1) is 11.3 Å². The number of thiophene rings is 1. The Morgan fingerprint density at radius 3 is 2.56 bits per heavy atom. The summed E-state index contributed by atoms with van der Waals surface area (Å²) in [5.41, 5.74) is 0.770. The molecular weight excluding hydrogens is 362 g/mol. The van der Waals surface area contributed by atoms with Gasteiger partial charge in [-0.2, -0.15) is 5.26 Å². The molecule has 7 nitrogen and oxygen atoms in total. The average Bonchev–Trinajstić information content (AvgIpc) is 2.94. The third kappa shape index (κ3) is 4.54. The summed E-state index contributed by atoms with van der Waals surface area (Å²) in [7, 11) is 1.65. The molecule has 0 atom stereocenters. The lowest BCUT2D eigenvalue weighted by molar-refractivity contribution is -0.130. The van der Waals surface area contributed by atoms with Crippen LogP contribution >= 0.6 is 11.3 Å². The van der Waals surface area contributed by atoms with Crippen molar-refractivity contribution in [1.82, 2.24) is 19.4 Å². The molecule has 0 radical (unpaired) electrons. The van der Waals surface area contributed by atoms with Gasteiger partial charge in [0, 0.05) is 18.5 Å². The van der Waals surface area contributed by atoms with Crippen molar-refractivity contribution in [2.45, 2.75) is 47.2 Å². The first kappa shape index (κ1) is 21.1. The van der Waals surface area contributed by atoms with Gasteiger partial charge in [0.1, 0.15) is 17.2 Å². The van der Waals surface area contributed by atoms with Gasteiger partial charge in [-0.3, -0.25) is 19.1 Å². The van der Waals surface area contributed by atoms with Crippen LogP contribution in [0.4, 0.5) is 0 Å². The molecule has 0 aliphatic carbocycles. The zero-order chi connectivity index (χ0) is 20.1. The smallest absolute Gasteiger partial charge is 0.263 e. The molecule has 0 unspecified atom stereocenters. The van der Waals surface area contributed by atoms with Gasteiger partial charge in [0.25, 0.3) is 5.56 Å². The van der Waals surface area contributed by atoms with E-state index in [-0.39, 0.29) is 24.4 Å². The van der Waals surface area contributed by atoms with Gasteiger partial charge in [0.2, 0.25) is 5.91 Å². The maximum absolute atomic E-state index is 13.2. The van der Waals surface area contributed by atoms with E-state index in [4.69, 9.17) is 10.2 Å². The maximum atomic E-state index is 13.2. The minimum atomic E-state index is -0.195. The van der Waals surface area contributed by atoms with Gasteiger partial charge in [0.05, 0.1) is 24.4 Å². The van der Waals surface area contributed by atoms with E-state index in [0.717, 1.165) is 28.4 Å². The molecule has 8 heteroatoms. The Balaban J connectivity index is 2.51. The van der Waals surface area contributed by atoms with E-state index in [9.17, 15) is 9.59 Å². The van der Waals surface area contributed by atoms with Crippen LogP contribution in [0.2, 0.25) is 0 Å². The lowest BCUT2D eigenvalue weighted by Gasteiger charge is -2.22. The van der Waals surface area contributed by atoms with Crippen LogP contribution in [0.15, 0.2) is 4.79 Å². The number of nitriles is 1. The summed E-state index contributed by atoms with van der Waals surface area (Å²) >= 11 is 1.52. The molecule has 1 amide bonds. The normalized spacial score (nSPS) is 11.1. The van der Waals surface area contributed by atoms with Crippen molar-refractivity contribution in [3.8, 4) is 6.07 Å². The highest BCUT2D eigenvalue weighted by Gasteiger charge is 2.20. The molecule has 2 aromatic heterocycles. The second-order valence-electron chi connectivity index (χ2n) is 6.57. The highest BCUT2D eigenvalue weighted by atomic mass is 32.1. The lowest BCUT2D eigenvalue weighted by atomic mass is 10.2. The zero-order valence-corrected chi connectivity index (χ0v) is 17.5. The molecule has 27 heavy (non-hydrogen) atoms. The predicted molar refractivity (Wildman–Crippen MR) is 108 cm³/mol. The number of aromatic nitrogens is 2. The number of amides is 1. The molecular formula is C19H27N5O2S. The van der Waals surface area contributed by atoms with E-state index in [1.807, 2.05) is 19.9 Å². The van der Waals surface area contributed by atoms with Crippen LogP contribution in [0.5, 0.6) is 0 Å². The monoisotopic (exact) mass is 389 g/mol. The Labute approximate surface area is 163 Å². The van der Waals surface area contributed by atoms with Crippen LogP contribution in [0.3, 0.4) is 0 Å². The van der Waals surface area contributed by atoms with Crippen molar-refractivity contribution in [2.75, 3.05) is 26.7 Å². The van der Waals surface area contributed by atoms with Crippen LogP contribution in [0, 0.1) is 25.2 Å². The van der Waals surface area contributed by atoms with E-state index in [0.29, 0.717) is 24.3 Å². The molecule has 0 fully saturated rings. The minimum Gasteiger partial charge on any atom is -0.343 e. The molecule has 2 rings (SSSR count). The van der Waals surface area contributed by atoms with Crippen molar-refractivity contribution in [3.63, 3.8) is 0 Å². The number of aryl methyl sites for hydroxylation is 2. The van der Waals surface area contributed by atoms with Gasteiger partial charge < -0.3 is 4.90 Å². The number of hydrogen-bond donors (Lipinski definition) is 0. The summed E-state index contributed by atoms with van der Waals surface area (Å²) in [6, 6.07) is 2.04. The van der Waals surface area contributed by atoms with E-state index in [1.165, 1.54) is 20.8 Å². The van der Waals surface area contributed by atoms with Gasteiger partial charge in [0.15, 0.2) is 0 Å². The molecule has 0 saturated carbocycles. The fourth-order valence-corrected chi connectivity index (χ4v) is 3.94. The topological polar surface area (TPSA) is 82.2 Å². The second kappa shape index (κ2) is 9.11. The van der Waals surface area contributed by atoms with Crippen LogP contribution in [0.1, 0.15) is 36.5 Å². The summed E-state index contributed by atoms with van der Waals surface area (Å²) in [5, 5.41) is 9.33. The Morgan fingerprint density at radius 2 is 1.96 bits per heavy atom. The number of likely N-dealkylation sites (N-methyl/N-ethyl adjacent to an activating group) is 1. The highest BCUT2D eigenvalue weighted by molar-refractivity contribution is 7.18. The van der Waals surface area contributed by atoms with Crippen LogP contribution in [0.25, 0.3) is 10.2 Å². The van der Waals surface area contributed by atoms with Crippen molar-refractivity contribution in [2.24, 2.45) is 0 Å². The van der Waals surface area contributed by atoms with Crippen molar-refractivity contribution >= 4 is 27.5 Å². The molecule has 0 aliphatic rings. The lowest BCUT2D eigenvalue weighted by Crippen LogP contribution is -2.37. The Kier molecular flexibility index (Phi) is 7.11. The SMILES string of the molecule is CCN(CC)Cc1nc2sc(C)c(C)c2c(=O)n1CC(=O)N(C)CCC#N. The number of nitrogens with zero attached hydrogens (tertiary/aromatic N) is 5. The van der Waals surface area contributed by atoms with Gasteiger partial charge in [-0.1, -0.05) is 13.8 Å². The maximum Gasteiger partial charge on any atom is 0.263 e. The number of carbonyl (C=O) groups excluding carboxylic acids is 1. The molecule has 0 spiro atoms. The van der Waals surface area contributed by atoms with Gasteiger partial charge in [-0.25, -0.2) is 4.98 Å². The molecule has 0 aliphatic heterocycles. The molecule has 0 saturated heterocycles. The molecule has 0 N–H and O–H groups in total. The number of rotatable bonds is 8. The number of hydrogen-bond acceptors (Lipinski definition) is 6. The van der Waals surface area contributed by atoms with E-state index >= 15 is 0 Å². The van der Waals surface area contributed by atoms with Crippen LogP contribution in [-0.4, -0.2) is 51.9 Å². The fraction of sp³-hybridized carbons (Fsp3) is 0.579. The van der Waals surface area contributed by atoms with Crippen molar-refractivity contribution in [3.05, 3.63) is 26.6 Å². The van der Waals surface area contributed by atoms with Crippen LogP contribution < -0.4 is 5.56 Å². The standard InChI is InChI=1S/C19H27N5O2S/c1-6-23(7-2)11-15-21-18-17(13(3)14(4)27-18)19(26)24(15)12-16(25)22(5)10-8-9-20/h6-8,10-12H2,1-5H3. The third-order valence-electron chi connectivity index (χ3n) is 4.91. The number of carbonyl (C=O) groups is 1. The first-order chi connectivity index (χ1) is 12.8. The largest absolute Gasteiger partial charge is 0.343 e. The first-order valence-electron chi connectivity index (χ1n) is 9.16. The average molecular weight is 390 g/mol. The van der Waals surface area contributed by atoms with E-state index < -0.39 is 0 Å². The van der Waals surface area contributed by atoms with Crippen molar-refractivity contribution < 1.29 is 4.79 Å². The Morgan fingerprint density at radius 1 is 1.30 bits per heavy atom. The van der Waals surface area contributed by atoms with Gasteiger partial charge >= 0.3 is 0 Å². The summed E-state index contributed by atoms with van der Waals surface area (Å²) in [6.45, 7) is 10.5. The number of fused-ring (bicyclic) bond motifs is 1. The predicted octanol–water partition coefficient (Wildman–Crippen LogP) is 2.29. The summed E-state index contributed by atoms with van der Waals surface area (Å²) in [5.74, 6) is 0.415. The Hall–Kier alpha value is -2.24. The third-order valence-corrected chi connectivity index (χ3v) is 6.01. The zero-order valence-electron chi connectivity index (χ0n) is 16.7. The van der Waals surface area contributed by atoms with E-state index in [1.54, 1.807) is 7.05 Å². The van der Waals surface area contributed by atoms with Crippen LogP contribution in [-0.2, 0) is 17.9 Å². The summed E-state index contributed by atoms with van der Waals surface area (Å²) in [4.78, 5) is 36.0. The molecule has 2 aromatic rings. The molecule has 0 aromatic carbocycles. The molecule has 2 heterocycles. The fourth-order valence-electron chi connectivity index (χ4n) is 2.90. The minimum absolute atomic E-state index is 0.0609. The van der Waals surface area contributed by atoms with Gasteiger partial charge in [-0.05, 0) is 32.5 Å². The molecule has 0 bridgehead atoms. The summed E-state index contributed by atoms with van der Waals surface area (Å²) in [6.07, 6.45) is 0.267. The quantitative estimate of drug-likeness (QED) is 0.692. The highest BCUT2D eigenvalue weighted by Crippen LogP contribution is 2.26. The second-order valence-corrected chi connectivity index (χ2v) is 7.77. The Bertz CT molecular complexity index is 921.